The molecule has 0 saturated carbocycles. The van der Waals surface area contributed by atoms with E-state index in [0.717, 1.165) is 73.4 Å². The lowest BCUT2D eigenvalue weighted by molar-refractivity contribution is 0.459. The highest BCUT2D eigenvalue weighted by Crippen LogP contribution is 2.43. The molecule has 0 fully saturated rings. The van der Waals surface area contributed by atoms with Gasteiger partial charge in [0.25, 0.3) is 0 Å². The summed E-state index contributed by atoms with van der Waals surface area (Å²) in [6, 6.07) is 39.6. The van der Waals surface area contributed by atoms with Crippen LogP contribution in [-0.2, 0) is 0 Å². The third kappa shape index (κ3) is 3.19. The summed E-state index contributed by atoms with van der Waals surface area (Å²) in [6.07, 6.45) is 0. The summed E-state index contributed by atoms with van der Waals surface area (Å²) in [5, 5.41) is 15.7. The Labute approximate surface area is 208 Å². The minimum Gasteiger partial charge on any atom is -0.537 e. The van der Waals surface area contributed by atoms with Gasteiger partial charge in [-0.2, -0.15) is 0 Å². The van der Waals surface area contributed by atoms with E-state index in [9.17, 15) is 5.02 Å². The fourth-order valence-electron chi connectivity index (χ4n) is 5.31. The van der Waals surface area contributed by atoms with Gasteiger partial charge in [-0.25, -0.2) is 0 Å². The number of hydrogen-bond donors (Lipinski definition) is 1. The minimum absolute atomic E-state index is 0.657. The number of benzene rings is 6. The molecule has 4 heteroatoms. The summed E-state index contributed by atoms with van der Waals surface area (Å²) in [6.45, 7) is 0. The van der Waals surface area contributed by atoms with Gasteiger partial charge in [0, 0.05) is 21.5 Å². The molecule has 7 rings (SSSR count). The maximum absolute atomic E-state index is 9.42. The molecule has 3 nitrogen and oxygen atoms in total. The molecule has 0 spiro atoms. The third-order valence-corrected chi connectivity index (χ3v) is 6.94. The van der Waals surface area contributed by atoms with E-state index >= 15 is 0 Å². The van der Waals surface area contributed by atoms with Crippen molar-refractivity contribution in [2.45, 2.75) is 0 Å². The predicted octanol–water partition coefficient (Wildman–Crippen LogP) is 8.13. The van der Waals surface area contributed by atoms with Gasteiger partial charge in [-0.1, -0.05) is 97.1 Å². The molecule has 169 valence electrons. The van der Waals surface area contributed by atoms with Crippen LogP contribution in [0.2, 0.25) is 0 Å². The zero-order chi connectivity index (χ0) is 24.1. The van der Waals surface area contributed by atoms with E-state index in [-0.39, 0.29) is 0 Å². The Kier molecular flexibility index (Phi) is 4.79. The second-order valence-electron chi connectivity index (χ2n) is 8.91. The highest BCUT2D eigenvalue weighted by atomic mass is 16.5. The highest BCUT2D eigenvalue weighted by molar-refractivity contribution is 6.22. The van der Waals surface area contributed by atoms with E-state index in [0.29, 0.717) is 5.75 Å². The standard InChI is InChI=1S/C32H20BO3/c34-33-36-32-26-10-3-1-8-24(26)31(25-9-2-4-11-27(25)32)21-15-13-20(14-16-21)22-17-18-30-28(19-22)23-7-5-6-12-29(23)35-30/h1-19,34H. The Morgan fingerprint density at radius 3 is 1.69 bits per heavy atom. The van der Waals surface area contributed by atoms with E-state index in [1.165, 1.54) is 0 Å². The van der Waals surface area contributed by atoms with Gasteiger partial charge in [-0.05, 0) is 51.2 Å². The molecule has 0 atom stereocenters. The van der Waals surface area contributed by atoms with Gasteiger partial charge in [-0.3, -0.25) is 0 Å². The Morgan fingerprint density at radius 1 is 0.500 bits per heavy atom. The summed E-state index contributed by atoms with van der Waals surface area (Å²) >= 11 is 0. The molecule has 7 aromatic rings. The lowest BCUT2D eigenvalue weighted by Gasteiger charge is -2.17. The Balaban J connectivity index is 1.39. The van der Waals surface area contributed by atoms with Crippen LogP contribution in [0.25, 0.3) is 65.7 Å². The average molecular weight is 463 g/mol. The van der Waals surface area contributed by atoms with E-state index in [4.69, 9.17) is 9.07 Å². The number of para-hydroxylation sites is 1. The molecule has 1 aromatic heterocycles. The third-order valence-electron chi connectivity index (χ3n) is 6.94. The van der Waals surface area contributed by atoms with Gasteiger partial charge in [0.2, 0.25) is 0 Å². The molecule has 0 amide bonds. The molecule has 1 N–H and O–H groups in total. The van der Waals surface area contributed by atoms with Crippen molar-refractivity contribution in [3.05, 3.63) is 115 Å². The second-order valence-corrected chi connectivity index (χ2v) is 8.91. The van der Waals surface area contributed by atoms with Crippen LogP contribution in [0.15, 0.2) is 120 Å². The molecule has 1 radical (unpaired) electrons. The normalized spacial score (nSPS) is 11.5. The Hall–Kier alpha value is -4.54. The van der Waals surface area contributed by atoms with E-state index in [1.807, 2.05) is 54.6 Å². The van der Waals surface area contributed by atoms with Crippen molar-refractivity contribution in [1.82, 2.24) is 0 Å². The maximum atomic E-state index is 9.42. The SMILES string of the molecule is O[B]Oc1c2ccccc2c(-c2ccc(-c3ccc4oc5ccccc5c4c3)cc2)c2ccccc12. The first kappa shape index (κ1) is 20.8. The van der Waals surface area contributed by atoms with Crippen LogP contribution < -0.4 is 4.65 Å². The minimum atomic E-state index is 0.657. The molecular weight excluding hydrogens is 443 g/mol. The molecule has 0 bridgehead atoms. The lowest BCUT2D eigenvalue weighted by atomic mass is 9.90. The van der Waals surface area contributed by atoms with Crippen LogP contribution in [0.4, 0.5) is 0 Å². The number of fused-ring (bicyclic) bond motifs is 5. The first-order valence-electron chi connectivity index (χ1n) is 11.9. The van der Waals surface area contributed by atoms with Gasteiger partial charge in [0.15, 0.2) is 0 Å². The average Bonchev–Trinajstić information content (AvgIpc) is 3.31. The Morgan fingerprint density at radius 2 is 1.03 bits per heavy atom. The van der Waals surface area contributed by atoms with E-state index in [2.05, 4.69) is 60.7 Å². The second kappa shape index (κ2) is 8.30. The Bertz CT molecular complexity index is 1840. The van der Waals surface area contributed by atoms with Crippen LogP contribution in [0, 0.1) is 0 Å². The number of rotatable bonds is 4. The first-order valence-corrected chi connectivity index (χ1v) is 11.9. The number of furan rings is 1. The van der Waals surface area contributed by atoms with Crippen molar-refractivity contribution in [2.75, 3.05) is 0 Å². The fraction of sp³-hybridized carbons (Fsp3) is 0. The fourth-order valence-corrected chi connectivity index (χ4v) is 5.31. The smallest absolute Gasteiger partial charge is 0.537 e. The zero-order valence-electron chi connectivity index (χ0n) is 19.3. The van der Waals surface area contributed by atoms with Crippen LogP contribution in [0.5, 0.6) is 5.75 Å². The van der Waals surface area contributed by atoms with Gasteiger partial charge >= 0.3 is 7.69 Å². The molecule has 0 aliphatic heterocycles. The first-order chi connectivity index (χ1) is 17.8. The van der Waals surface area contributed by atoms with Crippen molar-refractivity contribution in [2.24, 2.45) is 0 Å². The molecular formula is C32H20BO3. The van der Waals surface area contributed by atoms with Crippen molar-refractivity contribution >= 4 is 51.2 Å². The predicted molar refractivity (Wildman–Crippen MR) is 148 cm³/mol. The van der Waals surface area contributed by atoms with Crippen LogP contribution >= 0.6 is 0 Å². The lowest BCUT2D eigenvalue weighted by Crippen LogP contribution is -2.01. The van der Waals surface area contributed by atoms with Crippen molar-refractivity contribution in [1.29, 1.82) is 0 Å². The largest absolute Gasteiger partial charge is 0.569 e. The van der Waals surface area contributed by atoms with Gasteiger partial charge in [0.1, 0.15) is 16.9 Å². The molecule has 0 unspecified atom stereocenters. The summed E-state index contributed by atoms with van der Waals surface area (Å²) in [5.41, 5.74) is 6.38. The van der Waals surface area contributed by atoms with Crippen molar-refractivity contribution in [3.8, 4) is 28.0 Å². The zero-order valence-corrected chi connectivity index (χ0v) is 19.3. The van der Waals surface area contributed by atoms with Crippen molar-refractivity contribution in [3.63, 3.8) is 0 Å². The quantitative estimate of drug-likeness (QED) is 0.212. The van der Waals surface area contributed by atoms with E-state index < -0.39 is 0 Å². The topological polar surface area (TPSA) is 42.6 Å². The van der Waals surface area contributed by atoms with Crippen LogP contribution in [-0.4, -0.2) is 12.7 Å². The molecule has 0 aliphatic rings. The molecule has 0 saturated heterocycles. The summed E-state index contributed by atoms with van der Waals surface area (Å²) < 4.78 is 11.6. The monoisotopic (exact) mass is 463 g/mol. The van der Waals surface area contributed by atoms with Gasteiger partial charge in [-0.15, -0.1) is 0 Å². The maximum Gasteiger partial charge on any atom is 0.569 e. The van der Waals surface area contributed by atoms with Crippen LogP contribution in [0.1, 0.15) is 0 Å². The summed E-state index contributed by atoms with van der Waals surface area (Å²) in [4.78, 5) is 0. The van der Waals surface area contributed by atoms with Gasteiger partial charge < -0.3 is 14.1 Å². The number of hydrogen-bond acceptors (Lipinski definition) is 3. The molecule has 6 aromatic carbocycles. The van der Waals surface area contributed by atoms with Gasteiger partial charge in [0.05, 0.1) is 0 Å². The molecule has 36 heavy (non-hydrogen) atoms. The molecule has 1 heterocycles. The van der Waals surface area contributed by atoms with E-state index in [1.54, 1.807) is 0 Å². The summed E-state index contributed by atoms with van der Waals surface area (Å²) in [7, 11) is 0.753. The van der Waals surface area contributed by atoms with Crippen molar-refractivity contribution < 1.29 is 14.1 Å². The van der Waals surface area contributed by atoms with Crippen LogP contribution in [0.3, 0.4) is 0 Å². The highest BCUT2D eigenvalue weighted by Gasteiger charge is 2.16. The summed E-state index contributed by atoms with van der Waals surface area (Å²) in [5.74, 6) is 0.657. The molecule has 0 aliphatic carbocycles.